The lowest BCUT2D eigenvalue weighted by Crippen LogP contribution is -2.37. The first-order chi connectivity index (χ1) is 16.4. The van der Waals surface area contributed by atoms with Gasteiger partial charge in [-0.2, -0.15) is 0 Å². The van der Waals surface area contributed by atoms with Crippen LogP contribution in [0.4, 0.5) is 0 Å². The maximum absolute atomic E-state index is 13.3. The number of rotatable bonds is 5. The highest BCUT2D eigenvalue weighted by Crippen LogP contribution is 2.44. The SMILES string of the molecule is CC(C)Oc1ccc(C2/C(=C(/O)c3ccc4c(c3)CCCO4)C(=O)C(=O)N2C2CCCC2)cc1. The number of likely N-dealkylation sites (tertiary alicyclic amines) is 1. The Kier molecular flexibility index (Phi) is 6.07. The summed E-state index contributed by atoms with van der Waals surface area (Å²) in [4.78, 5) is 28.3. The first-order valence-corrected chi connectivity index (χ1v) is 12.3. The fraction of sp³-hybridized carbons (Fsp3) is 0.429. The minimum Gasteiger partial charge on any atom is -0.507 e. The Labute approximate surface area is 200 Å². The highest BCUT2D eigenvalue weighted by molar-refractivity contribution is 6.46. The number of benzene rings is 2. The van der Waals surface area contributed by atoms with E-state index in [1.807, 2.05) is 50.2 Å². The number of amides is 1. The number of carbonyl (C=O) groups is 2. The molecule has 1 unspecified atom stereocenters. The Balaban J connectivity index is 1.60. The molecule has 2 aromatic carbocycles. The Morgan fingerprint density at radius 1 is 1.06 bits per heavy atom. The molecule has 1 saturated heterocycles. The molecule has 1 atom stereocenters. The monoisotopic (exact) mass is 461 g/mol. The highest BCUT2D eigenvalue weighted by atomic mass is 16.5. The van der Waals surface area contributed by atoms with E-state index in [1.54, 1.807) is 11.0 Å². The van der Waals surface area contributed by atoms with E-state index in [9.17, 15) is 14.7 Å². The van der Waals surface area contributed by atoms with Crippen molar-refractivity contribution in [2.75, 3.05) is 6.61 Å². The molecule has 1 amide bonds. The second-order valence-electron chi connectivity index (χ2n) is 9.65. The van der Waals surface area contributed by atoms with Gasteiger partial charge >= 0.3 is 0 Å². The zero-order chi connectivity index (χ0) is 23.8. The summed E-state index contributed by atoms with van der Waals surface area (Å²) in [6, 6.07) is 12.4. The van der Waals surface area contributed by atoms with E-state index in [1.165, 1.54) is 0 Å². The van der Waals surface area contributed by atoms with Crippen LogP contribution in [0.2, 0.25) is 0 Å². The van der Waals surface area contributed by atoms with E-state index in [0.717, 1.165) is 61.2 Å². The molecule has 2 aliphatic heterocycles. The van der Waals surface area contributed by atoms with E-state index in [-0.39, 0.29) is 23.5 Å². The van der Waals surface area contributed by atoms with E-state index in [4.69, 9.17) is 9.47 Å². The Morgan fingerprint density at radius 2 is 1.79 bits per heavy atom. The fourth-order valence-corrected chi connectivity index (χ4v) is 5.40. The van der Waals surface area contributed by atoms with Gasteiger partial charge in [-0.3, -0.25) is 9.59 Å². The van der Waals surface area contributed by atoms with Crippen molar-refractivity contribution in [1.29, 1.82) is 0 Å². The number of hydrogen-bond acceptors (Lipinski definition) is 5. The molecule has 0 spiro atoms. The van der Waals surface area contributed by atoms with Crippen molar-refractivity contribution < 1.29 is 24.2 Å². The summed E-state index contributed by atoms with van der Waals surface area (Å²) in [6.45, 7) is 4.61. The Bertz CT molecular complexity index is 1130. The van der Waals surface area contributed by atoms with Crippen molar-refractivity contribution in [2.24, 2.45) is 0 Å². The summed E-state index contributed by atoms with van der Waals surface area (Å²) in [6.07, 6.45) is 5.62. The van der Waals surface area contributed by atoms with Gasteiger partial charge in [0, 0.05) is 11.6 Å². The molecule has 6 nitrogen and oxygen atoms in total. The minimum absolute atomic E-state index is 0.00438. The van der Waals surface area contributed by atoms with E-state index in [0.29, 0.717) is 12.2 Å². The second-order valence-corrected chi connectivity index (χ2v) is 9.65. The van der Waals surface area contributed by atoms with Crippen molar-refractivity contribution >= 4 is 17.4 Å². The number of aliphatic hydroxyl groups is 1. The van der Waals surface area contributed by atoms with Crippen molar-refractivity contribution in [3.63, 3.8) is 0 Å². The van der Waals surface area contributed by atoms with Crippen LogP contribution in [0.25, 0.3) is 5.76 Å². The number of aliphatic hydroxyl groups excluding tert-OH is 1. The first-order valence-electron chi connectivity index (χ1n) is 12.3. The number of Topliss-reactive ketones (excluding diaryl/α,β-unsaturated/α-hetero) is 1. The summed E-state index contributed by atoms with van der Waals surface area (Å²) >= 11 is 0. The highest BCUT2D eigenvalue weighted by Gasteiger charge is 2.49. The summed E-state index contributed by atoms with van der Waals surface area (Å²) < 4.78 is 11.5. The molecule has 5 rings (SSSR count). The molecule has 1 aliphatic carbocycles. The van der Waals surface area contributed by atoms with Crippen molar-refractivity contribution in [3.05, 3.63) is 64.7 Å². The average Bonchev–Trinajstić information content (AvgIpc) is 3.45. The minimum atomic E-state index is -0.622. The van der Waals surface area contributed by atoms with Gasteiger partial charge in [-0.25, -0.2) is 0 Å². The van der Waals surface area contributed by atoms with Gasteiger partial charge in [-0.05, 0) is 81.0 Å². The van der Waals surface area contributed by atoms with Crippen molar-refractivity contribution in [3.8, 4) is 11.5 Å². The molecular formula is C28H31NO5. The van der Waals surface area contributed by atoms with Crippen molar-refractivity contribution in [1.82, 2.24) is 4.90 Å². The topological polar surface area (TPSA) is 76.1 Å². The fourth-order valence-electron chi connectivity index (χ4n) is 5.40. The molecule has 2 aromatic rings. The molecule has 1 saturated carbocycles. The van der Waals surface area contributed by atoms with Gasteiger partial charge in [-0.1, -0.05) is 25.0 Å². The summed E-state index contributed by atoms with van der Waals surface area (Å²) in [5.41, 5.74) is 2.50. The van der Waals surface area contributed by atoms with Gasteiger partial charge in [0.05, 0.1) is 24.3 Å². The van der Waals surface area contributed by atoms with Crippen LogP contribution in [0.1, 0.15) is 68.7 Å². The third-order valence-corrected chi connectivity index (χ3v) is 6.95. The van der Waals surface area contributed by atoms with Gasteiger partial charge in [0.1, 0.15) is 17.3 Å². The van der Waals surface area contributed by atoms with Crippen LogP contribution in [0.3, 0.4) is 0 Å². The van der Waals surface area contributed by atoms with E-state index in [2.05, 4.69) is 0 Å². The normalized spacial score (nSPS) is 22.2. The number of hydrogen-bond donors (Lipinski definition) is 1. The van der Waals surface area contributed by atoms with Crippen LogP contribution in [0, 0.1) is 0 Å². The predicted octanol–water partition coefficient (Wildman–Crippen LogP) is 5.16. The largest absolute Gasteiger partial charge is 0.507 e. The molecule has 1 N–H and O–H groups in total. The van der Waals surface area contributed by atoms with Crippen LogP contribution in [0.5, 0.6) is 11.5 Å². The van der Waals surface area contributed by atoms with Crippen molar-refractivity contribution in [2.45, 2.75) is 70.6 Å². The number of nitrogens with zero attached hydrogens (tertiary/aromatic N) is 1. The third-order valence-electron chi connectivity index (χ3n) is 6.95. The lowest BCUT2D eigenvalue weighted by molar-refractivity contribution is -0.141. The number of ketones is 1. The number of aryl methyl sites for hydroxylation is 1. The molecular weight excluding hydrogens is 430 g/mol. The van der Waals surface area contributed by atoms with Crippen LogP contribution in [-0.4, -0.2) is 40.4 Å². The summed E-state index contributed by atoms with van der Waals surface area (Å²) in [5, 5.41) is 11.4. The smallest absolute Gasteiger partial charge is 0.295 e. The van der Waals surface area contributed by atoms with Crippen LogP contribution in [-0.2, 0) is 16.0 Å². The predicted molar refractivity (Wildman–Crippen MR) is 129 cm³/mol. The first kappa shape index (κ1) is 22.5. The number of fused-ring (bicyclic) bond motifs is 1. The second kappa shape index (κ2) is 9.16. The lowest BCUT2D eigenvalue weighted by Gasteiger charge is -2.31. The molecule has 6 heteroatoms. The molecule has 0 aromatic heterocycles. The Hall–Kier alpha value is -3.28. The zero-order valence-corrected chi connectivity index (χ0v) is 19.8. The van der Waals surface area contributed by atoms with Gasteiger partial charge in [-0.15, -0.1) is 0 Å². The van der Waals surface area contributed by atoms with Crippen LogP contribution in [0.15, 0.2) is 48.0 Å². The van der Waals surface area contributed by atoms with Crippen LogP contribution < -0.4 is 9.47 Å². The zero-order valence-electron chi connectivity index (χ0n) is 19.8. The van der Waals surface area contributed by atoms with Crippen LogP contribution >= 0.6 is 0 Å². The number of carbonyl (C=O) groups excluding carboxylic acids is 2. The quantitative estimate of drug-likeness (QED) is 0.378. The molecule has 0 radical (unpaired) electrons. The van der Waals surface area contributed by atoms with E-state index >= 15 is 0 Å². The molecule has 3 aliphatic rings. The lowest BCUT2D eigenvalue weighted by atomic mass is 9.93. The van der Waals surface area contributed by atoms with Gasteiger partial charge in [0.2, 0.25) is 0 Å². The summed E-state index contributed by atoms with van der Waals surface area (Å²) in [5.74, 6) is 0.269. The maximum atomic E-state index is 13.3. The third kappa shape index (κ3) is 4.06. The van der Waals surface area contributed by atoms with E-state index < -0.39 is 17.7 Å². The number of ether oxygens (including phenoxy) is 2. The Morgan fingerprint density at radius 3 is 2.50 bits per heavy atom. The molecule has 0 bridgehead atoms. The molecule has 2 heterocycles. The van der Waals surface area contributed by atoms with Gasteiger partial charge < -0.3 is 19.5 Å². The van der Waals surface area contributed by atoms with Gasteiger partial charge in [0.25, 0.3) is 11.7 Å². The summed E-state index contributed by atoms with van der Waals surface area (Å²) in [7, 11) is 0. The maximum Gasteiger partial charge on any atom is 0.295 e. The van der Waals surface area contributed by atoms with Gasteiger partial charge in [0.15, 0.2) is 0 Å². The molecule has 34 heavy (non-hydrogen) atoms. The average molecular weight is 462 g/mol. The molecule has 2 fully saturated rings. The molecule has 178 valence electrons. The standard InChI is InChI=1S/C28H31NO5/c1-17(2)34-22-12-9-18(10-13-22)25-24(27(31)28(32)29(25)21-7-3-4-8-21)26(30)20-11-14-23-19(16-20)6-5-15-33-23/h9-14,16-17,21,25,30H,3-8,15H2,1-2H3/b26-24-.